The number of methoxy groups -OCH3 is 2. The lowest BCUT2D eigenvalue weighted by Crippen LogP contribution is -2.13. The maximum atomic E-state index is 12.1. The molecule has 0 bridgehead atoms. The Morgan fingerprint density at radius 1 is 1.22 bits per heavy atom. The maximum Gasteiger partial charge on any atom is 0.342 e. The molecule has 0 unspecified atom stereocenters. The molecule has 27 heavy (non-hydrogen) atoms. The number of fused-ring (bicyclic) bond motifs is 1. The quantitative estimate of drug-likeness (QED) is 0.521. The molecule has 2 N–H and O–H groups in total. The van der Waals surface area contributed by atoms with Crippen molar-refractivity contribution in [2.24, 2.45) is 5.73 Å². The van der Waals surface area contributed by atoms with E-state index in [0.717, 1.165) is 22.3 Å². The molecule has 0 aromatic heterocycles. The summed E-state index contributed by atoms with van der Waals surface area (Å²) in [5.74, 6) is 0.536. The number of allylic oxidation sites excluding steroid dienone is 2. The fourth-order valence-corrected chi connectivity index (χ4v) is 3.16. The molecule has 2 rings (SSSR count). The van der Waals surface area contributed by atoms with Gasteiger partial charge in [0.15, 0.2) is 0 Å². The third kappa shape index (κ3) is 4.60. The Kier molecular flexibility index (Phi) is 7.24. The summed E-state index contributed by atoms with van der Waals surface area (Å²) < 4.78 is 21.3. The van der Waals surface area contributed by atoms with Crippen molar-refractivity contribution in [3.8, 4) is 11.5 Å². The molecule has 0 atom stereocenters. The van der Waals surface area contributed by atoms with Crippen LogP contribution in [0.5, 0.6) is 11.5 Å². The predicted octanol–water partition coefficient (Wildman–Crippen LogP) is 2.45. The molecule has 1 aliphatic heterocycles. The van der Waals surface area contributed by atoms with Crippen molar-refractivity contribution in [3.63, 3.8) is 0 Å². The highest BCUT2D eigenvalue weighted by atomic mass is 16.5. The number of esters is 2. The number of ether oxygens (including phenoxy) is 4. The fourth-order valence-electron chi connectivity index (χ4n) is 3.16. The lowest BCUT2D eigenvalue weighted by Gasteiger charge is -2.18. The largest absolute Gasteiger partial charge is 0.496 e. The van der Waals surface area contributed by atoms with Crippen molar-refractivity contribution in [2.45, 2.75) is 39.7 Å². The van der Waals surface area contributed by atoms with Gasteiger partial charge in [-0.15, -0.1) is 0 Å². The average Bonchev–Trinajstić information content (AvgIpc) is 3.05. The van der Waals surface area contributed by atoms with Crippen LogP contribution in [-0.2, 0) is 27.3 Å². The first-order chi connectivity index (χ1) is 12.9. The Bertz CT molecular complexity index is 754. The van der Waals surface area contributed by atoms with Crippen LogP contribution in [0.3, 0.4) is 0 Å². The molecular formula is C20H27NO6. The predicted molar refractivity (Wildman–Crippen MR) is 100 cm³/mol. The molecule has 7 nitrogen and oxygen atoms in total. The van der Waals surface area contributed by atoms with Gasteiger partial charge in [-0.3, -0.25) is 4.79 Å². The van der Waals surface area contributed by atoms with Crippen LogP contribution >= 0.6 is 0 Å². The lowest BCUT2D eigenvalue weighted by atomic mass is 9.94. The molecule has 0 fully saturated rings. The monoisotopic (exact) mass is 377 g/mol. The third-order valence-electron chi connectivity index (χ3n) is 4.59. The van der Waals surface area contributed by atoms with Gasteiger partial charge in [0.2, 0.25) is 0 Å². The van der Waals surface area contributed by atoms with Gasteiger partial charge in [0.25, 0.3) is 0 Å². The van der Waals surface area contributed by atoms with Gasteiger partial charge < -0.3 is 24.7 Å². The third-order valence-corrected chi connectivity index (χ3v) is 4.59. The zero-order chi connectivity index (χ0) is 20.0. The molecule has 1 heterocycles. The van der Waals surface area contributed by atoms with Crippen LogP contribution in [0.25, 0.3) is 0 Å². The van der Waals surface area contributed by atoms with Gasteiger partial charge in [0.05, 0.1) is 14.2 Å². The van der Waals surface area contributed by atoms with Crippen LogP contribution in [0.2, 0.25) is 0 Å². The molecule has 0 aliphatic carbocycles. The number of carbonyl (C=O) groups excluding carboxylic acids is 2. The first-order valence-electron chi connectivity index (χ1n) is 8.89. The highest BCUT2D eigenvalue weighted by Crippen LogP contribution is 2.42. The van der Waals surface area contributed by atoms with Crippen molar-refractivity contribution >= 4 is 11.9 Å². The van der Waals surface area contributed by atoms with Crippen molar-refractivity contribution in [3.05, 3.63) is 33.9 Å². The van der Waals surface area contributed by atoms with Crippen LogP contribution in [0, 0.1) is 6.92 Å². The molecule has 148 valence electrons. The van der Waals surface area contributed by atoms with Crippen LogP contribution in [0.1, 0.15) is 46.8 Å². The Hall–Kier alpha value is -2.54. The van der Waals surface area contributed by atoms with Gasteiger partial charge in [-0.05, 0) is 32.3 Å². The first kappa shape index (κ1) is 20.8. The van der Waals surface area contributed by atoms with E-state index in [-0.39, 0.29) is 25.2 Å². The Morgan fingerprint density at radius 3 is 2.56 bits per heavy atom. The smallest absolute Gasteiger partial charge is 0.342 e. The lowest BCUT2D eigenvalue weighted by molar-refractivity contribution is -0.143. The van der Waals surface area contributed by atoms with E-state index >= 15 is 0 Å². The highest BCUT2D eigenvalue weighted by Gasteiger charge is 2.32. The van der Waals surface area contributed by atoms with E-state index in [1.165, 1.54) is 7.11 Å². The topological polar surface area (TPSA) is 97.1 Å². The van der Waals surface area contributed by atoms with Crippen molar-refractivity contribution in [2.75, 3.05) is 27.4 Å². The van der Waals surface area contributed by atoms with Crippen LogP contribution in [0.4, 0.5) is 0 Å². The van der Waals surface area contributed by atoms with E-state index < -0.39 is 0 Å². The molecule has 0 spiro atoms. The summed E-state index contributed by atoms with van der Waals surface area (Å²) in [7, 11) is 3.13. The minimum absolute atomic E-state index is 0.229. The average molecular weight is 377 g/mol. The van der Waals surface area contributed by atoms with Crippen LogP contribution in [-0.4, -0.2) is 39.3 Å². The summed E-state index contributed by atoms with van der Waals surface area (Å²) in [6.45, 7) is 4.64. The minimum Gasteiger partial charge on any atom is -0.496 e. The molecule has 1 aromatic carbocycles. The van der Waals surface area contributed by atoms with Gasteiger partial charge in [-0.1, -0.05) is 11.6 Å². The van der Waals surface area contributed by atoms with Crippen molar-refractivity contribution in [1.82, 2.24) is 0 Å². The molecule has 0 saturated carbocycles. The number of cyclic esters (lactones) is 1. The number of nitrogens with two attached hydrogens (primary N) is 1. The van der Waals surface area contributed by atoms with E-state index in [9.17, 15) is 9.59 Å². The molecule has 0 amide bonds. The maximum absolute atomic E-state index is 12.1. The van der Waals surface area contributed by atoms with E-state index in [0.29, 0.717) is 42.9 Å². The number of rotatable bonds is 9. The first-order valence-corrected chi connectivity index (χ1v) is 8.89. The van der Waals surface area contributed by atoms with Gasteiger partial charge >= 0.3 is 11.9 Å². The van der Waals surface area contributed by atoms with E-state index in [1.807, 2.05) is 19.9 Å². The van der Waals surface area contributed by atoms with E-state index in [4.69, 9.17) is 24.7 Å². The molecule has 0 radical (unpaired) electrons. The standard InChI is InChI=1S/C20H27NO6/c1-12(6-8-16(22)26-10-9-21)5-7-14-18(24-3)13(2)15-11-27-20(23)17(15)19(14)25-4/h5H,6-11,21H2,1-4H3/b12-5+. The number of benzene rings is 1. The molecule has 0 saturated heterocycles. The Morgan fingerprint density at radius 2 is 1.93 bits per heavy atom. The molecule has 7 heteroatoms. The van der Waals surface area contributed by atoms with Crippen molar-refractivity contribution in [1.29, 1.82) is 0 Å². The summed E-state index contributed by atoms with van der Waals surface area (Å²) in [5, 5.41) is 0. The summed E-state index contributed by atoms with van der Waals surface area (Å²) in [4.78, 5) is 23.7. The second kappa shape index (κ2) is 9.41. The van der Waals surface area contributed by atoms with Crippen LogP contribution < -0.4 is 15.2 Å². The van der Waals surface area contributed by atoms with E-state index in [2.05, 4.69) is 0 Å². The van der Waals surface area contributed by atoms with Gasteiger partial charge in [0.1, 0.15) is 30.3 Å². The highest BCUT2D eigenvalue weighted by molar-refractivity contribution is 5.98. The second-order valence-corrected chi connectivity index (χ2v) is 6.36. The summed E-state index contributed by atoms with van der Waals surface area (Å²) in [6.07, 6.45) is 3.40. The number of carbonyl (C=O) groups is 2. The van der Waals surface area contributed by atoms with Gasteiger partial charge in [-0.25, -0.2) is 4.79 Å². The second-order valence-electron chi connectivity index (χ2n) is 6.36. The summed E-state index contributed by atoms with van der Waals surface area (Å²) >= 11 is 0. The summed E-state index contributed by atoms with van der Waals surface area (Å²) in [6, 6.07) is 0. The number of hydrogen-bond donors (Lipinski definition) is 1. The fraction of sp³-hybridized carbons (Fsp3) is 0.500. The van der Waals surface area contributed by atoms with Crippen molar-refractivity contribution < 1.29 is 28.5 Å². The molecule has 1 aromatic rings. The van der Waals surface area contributed by atoms with Gasteiger partial charge in [-0.2, -0.15) is 0 Å². The van der Waals surface area contributed by atoms with Crippen LogP contribution in [0.15, 0.2) is 11.6 Å². The van der Waals surface area contributed by atoms with Gasteiger partial charge in [0, 0.05) is 24.1 Å². The minimum atomic E-state index is -0.378. The number of hydrogen-bond acceptors (Lipinski definition) is 7. The Labute approximate surface area is 159 Å². The zero-order valence-electron chi connectivity index (χ0n) is 16.3. The molecular weight excluding hydrogens is 350 g/mol. The summed E-state index contributed by atoms with van der Waals surface area (Å²) in [5.41, 5.74) is 9.30. The normalized spacial score (nSPS) is 13.2. The molecule has 1 aliphatic rings. The SMILES string of the molecule is COc1c(C)c2c(c(OC)c1C/C=C(\C)CCC(=O)OCCN)C(=O)OC2. The van der Waals surface area contributed by atoms with E-state index in [1.54, 1.807) is 7.11 Å². The Balaban J connectivity index is 2.23. The zero-order valence-corrected chi connectivity index (χ0v) is 16.3.